The van der Waals surface area contributed by atoms with E-state index in [-0.39, 0.29) is 11.2 Å². The molecule has 1 aromatic rings. The number of hydrogen-bond donors (Lipinski definition) is 3. The number of carbonyl (C=O) groups excluding carboxylic acids is 1. The molecule has 1 unspecified atom stereocenters. The first-order valence-corrected chi connectivity index (χ1v) is 6.83. The molecule has 3 atom stereocenters. The van der Waals surface area contributed by atoms with Crippen molar-refractivity contribution in [2.45, 2.75) is 35.6 Å². The molecule has 1 aromatic carbocycles. The van der Waals surface area contributed by atoms with Gasteiger partial charge in [-0.15, -0.1) is 11.8 Å². The second-order valence-electron chi connectivity index (χ2n) is 4.48. The summed E-state index contributed by atoms with van der Waals surface area (Å²) >= 11 is 1.42. The number of carboxylic acids is 1. The van der Waals surface area contributed by atoms with Crippen LogP contribution in [0.5, 0.6) is 0 Å². The summed E-state index contributed by atoms with van der Waals surface area (Å²) in [6, 6.07) is 6.45. The standard InChI is InChI=1S/C13H15NO4S/c1-7(15)11(13(17)18)14-12(16)10-6-8-4-2-3-5-9(8)19-10/h2-5,7,10-11,15H,6H2,1H3,(H,14,16)(H,17,18)/t7-,10?,11+/m1/s1. The molecule has 0 saturated carbocycles. The van der Waals surface area contributed by atoms with E-state index in [2.05, 4.69) is 5.32 Å². The zero-order valence-electron chi connectivity index (χ0n) is 10.4. The zero-order valence-corrected chi connectivity index (χ0v) is 11.2. The summed E-state index contributed by atoms with van der Waals surface area (Å²) in [5.41, 5.74) is 1.09. The van der Waals surface area contributed by atoms with E-state index >= 15 is 0 Å². The molecule has 0 bridgehead atoms. The SMILES string of the molecule is C[C@@H](O)[C@H](NC(=O)C1Cc2ccccc2S1)C(=O)O. The summed E-state index contributed by atoms with van der Waals surface area (Å²) in [5.74, 6) is -1.58. The van der Waals surface area contributed by atoms with Gasteiger partial charge in [-0.25, -0.2) is 4.79 Å². The van der Waals surface area contributed by atoms with E-state index in [1.807, 2.05) is 24.3 Å². The smallest absolute Gasteiger partial charge is 0.328 e. The van der Waals surface area contributed by atoms with Gasteiger partial charge >= 0.3 is 5.97 Å². The number of aliphatic hydroxyl groups excluding tert-OH is 1. The summed E-state index contributed by atoms with van der Waals surface area (Å²) in [6.07, 6.45) is -0.547. The molecule has 3 N–H and O–H groups in total. The third kappa shape index (κ3) is 3.08. The van der Waals surface area contributed by atoms with Gasteiger partial charge in [0.25, 0.3) is 0 Å². The lowest BCUT2D eigenvalue weighted by molar-refractivity contribution is -0.144. The van der Waals surface area contributed by atoms with Gasteiger partial charge in [0, 0.05) is 4.90 Å². The Labute approximate surface area is 115 Å². The molecule has 2 rings (SSSR count). The van der Waals surface area contributed by atoms with Crippen molar-refractivity contribution in [1.29, 1.82) is 0 Å². The highest BCUT2D eigenvalue weighted by Crippen LogP contribution is 2.36. The minimum Gasteiger partial charge on any atom is -0.480 e. The number of thioether (sulfide) groups is 1. The largest absolute Gasteiger partial charge is 0.480 e. The topological polar surface area (TPSA) is 86.6 Å². The Balaban J connectivity index is 2.01. The monoisotopic (exact) mass is 281 g/mol. The molecule has 6 heteroatoms. The summed E-state index contributed by atoms with van der Waals surface area (Å²) in [7, 11) is 0. The normalized spacial score (nSPS) is 20.4. The van der Waals surface area contributed by atoms with Gasteiger partial charge in [0.15, 0.2) is 6.04 Å². The van der Waals surface area contributed by atoms with Crippen LogP contribution in [-0.4, -0.2) is 39.5 Å². The quantitative estimate of drug-likeness (QED) is 0.754. The van der Waals surface area contributed by atoms with E-state index in [4.69, 9.17) is 5.11 Å². The Bertz CT molecular complexity index is 478. The van der Waals surface area contributed by atoms with Crippen molar-refractivity contribution >= 4 is 23.6 Å². The second-order valence-corrected chi connectivity index (χ2v) is 5.73. The fraction of sp³-hybridized carbons (Fsp3) is 0.385. The first kappa shape index (κ1) is 13.9. The van der Waals surface area contributed by atoms with Crippen LogP contribution in [0.15, 0.2) is 29.2 Å². The molecule has 0 fully saturated rings. The number of rotatable bonds is 4. The van der Waals surface area contributed by atoms with Gasteiger partial charge in [-0.2, -0.15) is 0 Å². The van der Waals surface area contributed by atoms with Crippen molar-refractivity contribution in [3.63, 3.8) is 0 Å². The van der Waals surface area contributed by atoms with Crippen LogP contribution >= 0.6 is 11.8 Å². The van der Waals surface area contributed by atoms with E-state index < -0.39 is 18.1 Å². The number of aliphatic hydroxyl groups is 1. The molecule has 5 nitrogen and oxygen atoms in total. The lowest BCUT2D eigenvalue weighted by Gasteiger charge is -2.19. The average Bonchev–Trinajstić information content (AvgIpc) is 2.78. The number of carbonyl (C=O) groups is 2. The first-order valence-electron chi connectivity index (χ1n) is 5.95. The fourth-order valence-electron chi connectivity index (χ4n) is 1.96. The van der Waals surface area contributed by atoms with Gasteiger partial charge in [-0.1, -0.05) is 18.2 Å². The Morgan fingerprint density at radius 2 is 2.11 bits per heavy atom. The number of hydrogen-bond acceptors (Lipinski definition) is 4. The van der Waals surface area contributed by atoms with E-state index in [9.17, 15) is 14.7 Å². The Hall–Kier alpha value is -1.53. The molecular formula is C13H15NO4S. The van der Waals surface area contributed by atoms with Crippen LogP contribution in [0.2, 0.25) is 0 Å². The molecule has 1 aliphatic heterocycles. The van der Waals surface area contributed by atoms with Crippen molar-refractivity contribution < 1.29 is 19.8 Å². The number of nitrogens with one attached hydrogen (secondary N) is 1. The second kappa shape index (κ2) is 5.63. The minimum absolute atomic E-state index is 0.335. The molecule has 102 valence electrons. The highest BCUT2D eigenvalue weighted by atomic mass is 32.2. The van der Waals surface area contributed by atoms with E-state index in [1.54, 1.807) is 0 Å². The summed E-state index contributed by atoms with van der Waals surface area (Å²) in [5, 5.41) is 20.3. The number of aliphatic carboxylic acids is 1. The third-order valence-electron chi connectivity index (χ3n) is 2.99. The van der Waals surface area contributed by atoms with Crippen molar-refractivity contribution in [3.8, 4) is 0 Å². The lowest BCUT2D eigenvalue weighted by Crippen LogP contribution is -2.50. The minimum atomic E-state index is -1.27. The molecule has 0 radical (unpaired) electrons. The molecule has 0 saturated heterocycles. The first-order chi connectivity index (χ1) is 8.99. The van der Waals surface area contributed by atoms with Gasteiger partial charge in [0.2, 0.25) is 5.91 Å². The molecule has 0 aliphatic carbocycles. The maximum atomic E-state index is 12.0. The van der Waals surface area contributed by atoms with E-state index in [1.165, 1.54) is 18.7 Å². The van der Waals surface area contributed by atoms with Crippen LogP contribution in [0.3, 0.4) is 0 Å². The van der Waals surface area contributed by atoms with E-state index in [0.717, 1.165) is 10.5 Å². The molecular weight excluding hydrogens is 266 g/mol. The van der Waals surface area contributed by atoms with E-state index in [0.29, 0.717) is 6.42 Å². The van der Waals surface area contributed by atoms with Gasteiger partial charge in [-0.3, -0.25) is 4.79 Å². The van der Waals surface area contributed by atoms with Gasteiger partial charge in [0.05, 0.1) is 11.4 Å². The fourth-order valence-corrected chi connectivity index (χ4v) is 3.17. The highest BCUT2D eigenvalue weighted by molar-refractivity contribution is 8.01. The van der Waals surface area contributed by atoms with Crippen LogP contribution in [-0.2, 0) is 16.0 Å². The Morgan fingerprint density at radius 3 is 2.68 bits per heavy atom. The van der Waals surface area contributed by atoms with Crippen LogP contribution in [0.4, 0.5) is 0 Å². The number of benzene rings is 1. The molecule has 1 aliphatic rings. The predicted molar refractivity (Wildman–Crippen MR) is 71.0 cm³/mol. The Morgan fingerprint density at radius 1 is 1.42 bits per heavy atom. The Kier molecular flexibility index (Phi) is 4.11. The summed E-state index contributed by atoms with van der Waals surface area (Å²) in [6.45, 7) is 1.34. The number of fused-ring (bicyclic) bond motifs is 1. The summed E-state index contributed by atoms with van der Waals surface area (Å²) in [4.78, 5) is 24.0. The van der Waals surface area contributed by atoms with Crippen LogP contribution in [0, 0.1) is 0 Å². The molecule has 1 amide bonds. The van der Waals surface area contributed by atoms with Crippen LogP contribution in [0.25, 0.3) is 0 Å². The predicted octanol–water partition coefficient (Wildman–Crippen LogP) is 0.654. The molecule has 19 heavy (non-hydrogen) atoms. The number of carboxylic acid groups (broad SMARTS) is 1. The van der Waals surface area contributed by atoms with Gasteiger partial charge in [0.1, 0.15) is 0 Å². The third-order valence-corrected chi connectivity index (χ3v) is 4.30. The maximum Gasteiger partial charge on any atom is 0.328 e. The van der Waals surface area contributed by atoms with Gasteiger partial charge in [-0.05, 0) is 25.0 Å². The van der Waals surface area contributed by atoms with Crippen molar-refractivity contribution in [1.82, 2.24) is 5.32 Å². The van der Waals surface area contributed by atoms with Crippen LogP contribution in [0.1, 0.15) is 12.5 Å². The summed E-state index contributed by atoms with van der Waals surface area (Å²) < 4.78 is 0. The average molecular weight is 281 g/mol. The number of amides is 1. The molecule has 0 spiro atoms. The molecule has 0 aromatic heterocycles. The maximum absolute atomic E-state index is 12.0. The van der Waals surface area contributed by atoms with Crippen molar-refractivity contribution in [2.24, 2.45) is 0 Å². The van der Waals surface area contributed by atoms with Crippen LogP contribution < -0.4 is 5.32 Å². The molecule has 1 heterocycles. The van der Waals surface area contributed by atoms with Crippen molar-refractivity contribution in [3.05, 3.63) is 29.8 Å². The van der Waals surface area contributed by atoms with Crippen molar-refractivity contribution in [2.75, 3.05) is 0 Å². The zero-order chi connectivity index (χ0) is 14.0. The highest BCUT2D eigenvalue weighted by Gasteiger charge is 2.32. The van der Waals surface area contributed by atoms with Gasteiger partial charge < -0.3 is 15.5 Å². The lowest BCUT2D eigenvalue weighted by atomic mass is 10.1.